The number of ether oxygens (including phenoxy) is 1. The minimum atomic E-state index is -3.83. The highest BCUT2D eigenvalue weighted by molar-refractivity contribution is 7.89. The maximum atomic E-state index is 14.8. The van der Waals surface area contributed by atoms with Crippen molar-refractivity contribution >= 4 is 26.8 Å². The first kappa shape index (κ1) is 22.5. The minimum absolute atomic E-state index is 0.114. The molecule has 9 nitrogen and oxygen atoms in total. The number of hydrogen-bond acceptors (Lipinski definition) is 7. The Hall–Kier alpha value is -3.28. The summed E-state index contributed by atoms with van der Waals surface area (Å²) >= 11 is 0. The van der Waals surface area contributed by atoms with E-state index in [2.05, 4.69) is 21.0 Å². The summed E-state index contributed by atoms with van der Waals surface area (Å²) in [4.78, 5) is 12.5. The number of fused-ring (bicyclic) bond motifs is 1. The van der Waals surface area contributed by atoms with E-state index in [9.17, 15) is 17.6 Å². The molecule has 2 aliphatic heterocycles. The lowest BCUT2D eigenvalue weighted by atomic mass is 9.98. The normalized spacial score (nSPS) is 25.2. The van der Waals surface area contributed by atoms with Crippen LogP contribution >= 0.6 is 0 Å². The van der Waals surface area contributed by atoms with Gasteiger partial charge in [-0.05, 0) is 30.2 Å². The van der Waals surface area contributed by atoms with Crippen LogP contribution in [0.4, 0.5) is 4.39 Å². The SMILES string of the molecule is CS(=O)(=O)n1nc(C2(O[C@@H]3CNCC[C@H]3F)NC=CC(=O)N2)c2c(-c3ccccc3)cccc21. The van der Waals surface area contributed by atoms with Crippen molar-refractivity contribution in [3.63, 3.8) is 0 Å². The minimum Gasteiger partial charge on any atom is -0.341 e. The van der Waals surface area contributed by atoms with E-state index in [1.807, 2.05) is 36.4 Å². The molecule has 1 fully saturated rings. The molecule has 0 aliphatic carbocycles. The zero-order chi connectivity index (χ0) is 23.9. The van der Waals surface area contributed by atoms with Gasteiger partial charge < -0.3 is 20.7 Å². The summed E-state index contributed by atoms with van der Waals surface area (Å²) in [7, 11) is -3.83. The predicted octanol–water partition coefficient (Wildman–Crippen LogP) is 1.57. The van der Waals surface area contributed by atoms with Gasteiger partial charge in [-0.1, -0.05) is 42.5 Å². The van der Waals surface area contributed by atoms with Crippen LogP contribution in [0, 0.1) is 0 Å². The maximum absolute atomic E-state index is 14.8. The van der Waals surface area contributed by atoms with Gasteiger partial charge in [0.05, 0.1) is 11.8 Å². The molecule has 0 saturated carbocycles. The van der Waals surface area contributed by atoms with Crippen molar-refractivity contribution in [1.82, 2.24) is 25.1 Å². The van der Waals surface area contributed by atoms with E-state index < -0.39 is 34.1 Å². The van der Waals surface area contributed by atoms with Crippen molar-refractivity contribution in [2.45, 2.75) is 24.5 Å². The van der Waals surface area contributed by atoms with E-state index in [1.165, 1.54) is 12.3 Å². The van der Waals surface area contributed by atoms with Crippen LogP contribution in [0.5, 0.6) is 0 Å². The lowest BCUT2D eigenvalue weighted by molar-refractivity contribution is -0.171. The summed E-state index contributed by atoms with van der Waals surface area (Å²) in [5.74, 6) is -2.28. The number of rotatable bonds is 5. The molecule has 5 rings (SSSR count). The summed E-state index contributed by atoms with van der Waals surface area (Å²) in [6, 6.07) is 14.6. The van der Waals surface area contributed by atoms with E-state index in [4.69, 9.17) is 4.74 Å². The highest BCUT2D eigenvalue weighted by Crippen LogP contribution is 2.37. The molecular formula is C23H24FN5O4S. The molecule has 1 unspecified atom stereocenters. The molecule has 1 aromatic heterocycles. The molecule has 178 valence electrons. The van der Waals surface area contributed by atoms with Crippen LogP contribution in [-0.2, 0) is 25.4 Å². The zero-order valence-electron chi connectivity index (χ0n) is 18.4. The van der Waals surface area contributed by atoms with Gasteiger partial charge in [0.2, 0.25) is 5.91 Å². The Morgan fingerprint density at radius 2 is 1.97 bits per heavy atom. The number of amides is 1. The molecule has 2 aromatic carbocycles. The van der Waals surface area contributed by atoms with Crippen molar-refractivity contribution in [1.29, 1.82) is 0 Å². The zero-order valence-corrected chi connectivity index (χ0v) is 19.2. The summed E-state index contributed by atoms with van der Waals surface area (Å²) in [6.45, 7) is 0.734. The average molecular weight is 486 g/mol. The molecule has 3 atom stereocenters. The van der Waals surface area contributed by atoms with E-state index in [1.54, 1.807) is 12.1 Å². The second-order valence-electron chi connectivity index (χ2n) is 8.33. The standard InChI is InChI=1S/C23H24FN5O4S/c1-34(31,32)29-18-9-5-8-16(15-6-3-2-4-7-15)21(18)22(28-29)23(26-13-11-20(30)27-23)33-19-14-25-12-10-17(19)24/h2-9,11,13,17,19,25-26H,10,12,14H2,1H3,(H,27,30)/t17-,19-,23?/m1/s1. The Bertz CT molecular complexity index is 1370. The topological polar surface area (TPSA) is 114 Å². The van der Waals surface area contributed by atoms with E-state index in [0.717, 1.165) is 15.9 Å². The average Bonchev–Trinajstić information content (AvgIpc) is 3.23. The predicted molar refractivity (Wildman–Crippen MR) is 125 cm³/mol. The van der Waals surface area contributed by atoms with Crippen LogP contribution in [0.1, 0.15) is 12.1 Å². The monoisotopic (exact) mass is 485 g/mol. The van der Waals surface area contributed by atoms with Crippen LogP contribution in [0.2, 0.25) is 0 Å². The molecule has 1 saturated heterocycles. The van der Waals surface area contributed by atoms with Crippen LogP contribution < -0.4 is 16.0 Å². The summed E-state index contributed by atoms with van der Waals surface area (Å²) in [5.41, 5.74) is 1.93. The number of nitrogens with one attached hydrogen (secondary N) is 3. The number of benzene rings is 2. The van der Waals surface area contributed by atoms with Gasteiger partial charge in [-0.2, -0.15) is 9.19 Å². The first-order valence-electron chi connectivity index (χ1n) is 10.9. The molecule has 1 amide bonds. The van der Waals surface area contributed by atoms with E-state index in [-0.39, 0.29) is 18.7 Å². The molecule has 11 heteroatoms. The van der Waals surface area contributed by atoms with Gasteiger partial charge in [0.15, 0.2) is 0 Å². The van der Waals surface area contributed by atoms with E-state index in [0.29, 0.717) is 23.0 Å². The summed E-state index contributed by atoms with van der Waals surface area (Å²) in [5, 5.41) is 13.7. The lowest BCUT2D eigenvalue weighted by Crippen LogP contribution is -2.62. The van der Waals surface area contributed by atoms with Crippen molar-refractivity contribution in [2.75, 3.05) is 19.3 Å². The molecule has 0 spiro atoms. The highest BCUT2D eigenvalue weighted by Gasteiger charge is 2.45. The number of carbonyl (C=O) groups excluding carboxylic acids is 1. The molecule has 2 aliphatic rings. The van der Waals surface area contributed by atoms with Crippen molar-refractivity contribution in [3.8, 4) is 11.1 Å². The number of nitrogens with zero attached hydrogens (tertiary/aromatic N) is 2. The first-order chi connectivity index (χ1) is 16.3. The molecular weight excluding hydrogens is 461 g/mol. The number of hydrogen-bond donors (Lipinski definition) is 3. The number of aromatic nitrogens is 2. The fourth-order valence-electron chi connectivity index (χ4n) is 4.37. The second kappa shape index (κ2) is 8.49. The molecule has 0 radical (unpaired) electrons. The van der Waals surface area contributed by atoms with Gasteiger partial charge in [0.1, 0.15) is 18.0 Å². The molecule has 34 heavy (non-hydrogen) atoms. The third-order valence-corrected chi connectivity index (χ3v) is 6.81. The quantitative estimate of drug-likeness (QED) is 0.503. The smallest absolute Gasteiger partial charge is 0.267 e. The Labute approximate surface area is 196 Å². The highest BCUT2D eigenvalue weighted by atomic mass is 32.2. The molecule has 3 N–H and O–H groups in total. The lowest BCUT2D eigenvalue weighted by Gasteiger charge is -2.40. The van der Waals surface area contributed by atoms with E-state index >= 15 is 0 Å². The van der Waals surface area contributed by atoms with Crippen LogP contribution in [0.15, 0.2) is 60.8 Å². The van der Waals surface area contributed by atoms with Gasteiger partial charge in [0, 0.05) is 24.2 Å². The van der Waals surface area contributed by atoms with Crippen LogP contribution in [0.25, 0.3) is 22.0 Å². The van der Waals surface area contributed by atoms with Gasteiger partial charge in [0.25, 0.3) is 15.9 Å². The Morgan fingerprint density at radius 1 is 1.18 bits per heavy atom. The maximum Gasteiger partial charge on any atom is 0.267 e. The van der Waals surface area contributed by atoms with Crippen molar-refractivity contribution in [2.24, 2.45) is 0 Å². The van der Waals surface area contributed by atoms with Gasteiger partial charge in [-0.15, -0.1) is 0 Å². The molecule has 3 aromatic rings. The Morgan fingerprint density at radius 3 is 2.68 bits per heavy atom. The van der Waals surface area contributed by atoms with Crippen molar-refractivity contribution in [3.05, 3.63) is 66.5 Å². The number of alkyl halides is 1. The van der Waals surface area contributed by atoms with Crippen molar-refractivity contribution < 1.29 is 22.3 Å². The molecule has 0 bridgehead atoms. The second-order valence-corrected chi connectivity index (χ2v) is 10.1. The third kappa shape index (κ3) is 3.95. The largest absolute Gasteiger partial charge is 0.341 e. The fourth-order valence-corrected chi connectivity index (χ4v) is 5.11. The van der Waals surface area contributed by atoms with Crippen LogP contribution in [-0.4, -0.2) is 55.1 Å². The Kier molecular flexibility index (Phi) is 5.62. The number of piperidine rings is 1. The van der Waals surface area contributed by atoms with Gasteiger partial charge in [-0.25, -0.2) is 12.8 Å². The van der Waals surface area contributed by atoms with Crippen LogP contribution in [0.3, 0.4) is 0 Å². The third-order valence-electron chi connectivity index (χ3n) is 5.90. The first-order valence-corrected chi connectivity index (χ1v) is 12.7. The van der Waals surface area contributed by atoms with Gasteiger partial charge >= 0.3 is 0 Å². The Balaban J connectivity index is 1.79. The summed E-state index contributed by atoms with van der Waals surface area (Å²) < 4.78 is 47.3. The summed E-state index contributed by atoms with van der Waals surface area (Å²) in [6.07, 6.45) is 1.76. The fraction of sp³-hybridized carbons (Fsp3) is 0.304. The number of carbonyl (C=O) groups is 1. The molecule has 3 heterocycles. The number of halogens is 1. The van der Waals surface area contributed by atoms with Gasteiger partial charge in [-0.3, -0.25) is 4.79 Å².